The summed E-state index contributed by atoms with van der Waals surface area (Å²) in [5.74, 6) is -0.0944. The molecule has 24 heavy (non-hydrogen) atoms. The molecule has 0 heterocycles. The molecule has 0 aliphatic heterocycles. The molecule has 1 unspecified atom stereocenters. The van der Waals surface area contributed by atoms with Crippen molar-refractivity contribution in [1.82, 2.24) is 5.32 Å². The highest BCUT2D eigenvalue weighted by Crippen LogP contribution is 2.16. The van der Waals surface area contributed by atoms with Crippen LogP contribution in [0.15, 0.2) is 54.6 Å². The molecule has 0 spiro atoms. The Morgan fingerprint density at radius 1 is 1.12 bits per heavy atom. The molecule has 0 aromatic heterocycles. The Labute approximate surface area is 141 Å². The van der Waals surface area contributed by atoms with E-state index in [0.717, 1.165) is 5.56 Å². The number of aliphatic hydroxyl groups excluding tert-OH is 1. The van der Waals surface area contributed by atoms with Crippen molar-refractivity contribution >= 4 is 11.6 Å². The lowest BCUT2D eigenvalue weighted by molar-refractivity contribution is -0.116. The summed E-state index contributed by atoms with van der Waals surface area (Å²) in [5, 5.41) is 24.1. The molecule has 0 radical (unpaired) electrons. The van der Waals surface area contributed by atoms with Crippen LogP contribution in [-0.4, -0.2) is 24.2 Å². The van der Waals surface area contributed by atoms with E-state index in [9.17, 15) is 9.90 Å². The van der Waals surface area contributed by atoms with E-state index in [1.54, 1.807) is 24.3 Å². The average molecular weight is 323 g/mol. The van der Waals surface area contributed by atoms with E-state index in [1.807, 2.05) is 36.4 Å². The van der Waals surface area contributed by atoms with Crippen molar-refractivity contribution in [2.24, 2.45) is 0 Å². The molecule has 0 bridgehead atoms. The largest absolute Gasteiger partial charge is 0.396 e. The molecule has 0 aliphatic rings. The molecule has 5 heteroatoms. The van der Waals surface area contributed by atoms with Gasteiger partial charge < -0.3 is 15.7 Å². The van der Waals surface area contributed by atoms with Crippen LogP contribution in [-0.2, 0) is 4.79 Å². The number of benzene rings is 2. The lowest BCUT2D eigenvalue weighted by Gasteiger charge is -2.18. The quantitative estimate of drug-likeness (QED) is 0.697. The molecule has 0 saturated heterocycles. The Hall–Kier alpha value is -2.68. The number of nitriles is 1. The zero-order valence-corrected chi connectivity index (χ0v) is 13.4. The van der Waals surface area contributed by atoms with Crippen molar-refractivity contribution in [1.29, 1.82) is 5.26 Å². The Kier molecular flexibility index (Phi) is 6.96. The third-order valence-electron chi connectivity index (χ3n) is 3.66. The fourth-order valence-corrected chi connectivity index (χ4v) is 2.41. The van der Waals surface area contributed by atoms with Gasteiger partial charge in [0.15, 0.2) is 0 Å². The number of amides is 1. The van der Waals surface area contributed by atoms with Crippen LogP contribution >= 0.6 is 0 Å². The molecule has 3 N–H and O–H groups in total. The van der Waals surface area contributed by atoms with E-state index in [2.05, 4.69) is 10.6 Å². The number of hydrogen-bond acceptors (Lipinski definition) is 4. The van der Waals surface area contributed by atoms with Crippen molar-refractivity contribution in [3.63, 3.8) is 0 Å². The van der Waals surface area contributed by atoms with Crippen LogP contribution in [0.1, 0.15) is 30.0 Å². The number of aliphatic hydroxyl groups is 1. The predicted octanol–water partition coefficient (Wildman–Crippen LogP) is 2.60. The Bertz CT molecular complexity index is 678. The summed E-state index contributed by atoms with van der Waals surface area (Å²) in [7, 11) is 0. The van der Waals surface area contributed by atoms with Crippen LogP contribution in [0.2, 0.25) is 0 Å². The van der Waals surface area contributed by atoms with Gasteiger partial charge in [-0.25, -0.2) is 0 Å². The Morgan fingerprint density at radius 3 is 2.46 bits per heavy atom. The van der Waals surface area contributed by atoms with Crippen LogP contribution < -0.4 is 10.6 Å². The van der Waals surface area contributed by atoms with Gasteiger partial charge in [0, 0.05) is 31.3 Å². The summed E-state index contributed by atoms with van der Waals surface area (Å²) >= 11 is 0. The zero-order chi connectivity index (χ0) is 17.2. The van der Waals surface area contributed by atoms with E-state index < -0.39 is 0 Å². The van der Waals surface area contributed by atoms with Gasteiger partial charge in [-0.2, -0.15) is 5.26 Å². The molecule has 0 saturated carbocycles. The summed E-state index contributed by atoms with van der Waals surface area (Å²) in [5.41, 5.74) is 2.33. The van der Waals surface area contributed by atoms with Crippen molar-refractivity contribution < 1.29 is 9.90 Å². The molecule has 2 aromatic rings. The van der Waals surface area contributed by atoms with Gasteiger partial charge in [0.2, 0.25) is 5.91 Å². The molecule has 2 rings (SSSR count). The number of nitrogens with one attached hydrogen (secondary N) is 2. The minimum Gasteiger partial charge on any atom is -0.396 e. The number of carbonyl (C=O) groups is 1. The van der Waals surface area contributed by atoms with E-state index in [1.165, 1.54) is 0 Å². The summed E-state index contributed by atoms with van der Waals surface area (Å²) in [6.45, 7) is 0.603. The number of anilines is 1. The summed E-state index contributed by atoms with van der Waals surface area (Å²) in [6.07, 6.45) is 0.927. The van der Waals surface area contributed by atoms with Gasteiger partial charge in [-0.15, -0.1) is 0 Å². The van der Waals surface area contributed by atoms with Crippen molar-refractivity contribution in [2.45, 2.75) is 18.9 Å². The Morgan fingerprint density at radius 2 is 1.83 bits per heavy atom. The van der Waals surface area contributed by atoms with Crippen molar-refractivity contribution in [2.75, 3.05) is 18.5 Å². The van der Waals surface area contributed by atoms with E-state index in [0.29, 0.717) is 30.6 Å². The van der Waals surface area contributed by atoms with Gasteiger partial charge in [0.1, 0.15) is 0 Å². The smallest absolute Gasteiger partial charge is 0.225 e. The first-order chi connectivity index (χ1) is 11.7. The fraction of sp³-hybridized carbons (Fsp3) is 0.263. The second-order valence-electron chi connectivity index (χ2n) is 5.42. The molecule has 1 amide bonds. The van der Waals surface area contributed by atoms with Crippen LogP contribution in [0.4, 0.5) is 5.69 Å². The highest BCUT2D eigenvalue weighted by molar-refractivity contribution is 5.90. The first-order valence-electron chi connectivity index (χ1n) is 7.92. The lowest BCUT2D eigenvalue weighted by atomic mass is 10.0. The van der Waals surface area contributed by atoms with Gasteiger partial charge in [-0.3, -0.25) is 4.79 Å². The topological polar surface area (TPSA) is 85.2 Å². The molecule has 2 aromatic carbocycles. The number of carbonyl (C=O) groups excluding carboxylic acids is 1. The van der Waals surface area contributed by atoms with E-state index in [-0.39, 0.29) is 18.6 Å². The highest BCUT2D eigenvalue weighted by Gasteiger charge is 2.10. The zero-order valence-electron chi connectivity index (χ0n) is 13.4. The maximum absolute atomic E-state index is 12.0. The van der Waals surface area contributed by atoms with Gasteiger partial charge in [0.05, 0.1) is 11.6 Å². The molecule has 5 nitrogen and oxygen atoms in total. The number of hydrogen-bond donors (Lipinski definition) is 3. The first-order valence-corrected chi connectivity index (χ1v) is 7.92. The average Bonchev–Trinajstić information content (AvgIpc) is 2.62. The second kappa shape index (κ2) is 9.46. The first kappa shape index (κ1) is 17.7. The van der Waals surface area contributed by atoms with Crippen LogP contribution in [0, 0.1) is 11.3 Å². The van der Waals surface area contributed by atoms with Gasteiger partial charge in [-0.1, -0.05) is 30.3 Å². The van der Waals surface area contributed by atoms with E-state index in [4.69, 9.17) is 5.26 Å². The van der Waals surface area contributed by atoms with Crippen molar-refractivity contribution in [3.8, 4) is 6.07 Å². The third-order valence-corrected chi connectivity index (χ3v) is 3.66. The van der Waals surface area contributed by atoms with Gasteiger partial charge >= 0.3 is 0 Å². The SMILES string of the molecule is N#Cc1ccc(NC(=O)CCNC(CCO)c2ccccc2)cc1. The molecular formula is C19H21N3O2. The van der Waals surface area contributed by atoms with Crippen molar-refractivity contribution in [3.05, 3.63) is 65.7 Å². The lowest BCUT2D eigenvalue weighted by Crippen LogP contribution is -2.26. The van der Waals surface area contributed by atoms with Gasteiger partial charge in [-0.05, 0) is 36.2 Å². The molecule has 0 aliphatic carbocycles. The number of rotatable bonds is 8. The highest BCUT2D eigenvalue weighted by atomic mass is 16.3. The Balaban J connectivity index is 1.81. The third kappa shape index (κ3) is 5.51. The molecule has 1 atom stereocenters. The van der Waals surface area contributed by atoms with E-state index >= 15 is 0 Å². The fourth-order valence-electron chi connectivity index (χ4n) is 2.41. The summed E-state index contributed by atoms with van der Waals surface area (Å²) < 4.78 is 0. The molecule has 0 fully saturated rings. The molecular weight excluding hydrogens is 302 g/mol. The normalized spacial score (nSPS) is 11.5. The maximum Gasteiger partial charge on any atom is 0.225 e. The maximum atomic E-state index is 12.0. The predicted molar refractivity (Wildman–Crippen MR) is 93.3 cm³/mol. The standard InChI is InChI=1S/C19H21N3O2/c20-14-15-6-8-17(9-7-15)22-19(24)10-12-21-18(11-13-23)16-4-2-1-3-5-16/h1-9,18,21,23H,10-13H2,(H,22,24). The molecule has 124 valence electrons. The van der Waals surface area contributed by atoms with Crippen LogP contribution in [0.3, 0.4) is 0 Å². The van der Waals surface area contributed by atoms with Gasteiger partial charge in [0.25, 0.3) is 0 Å². The summed E-state index contributed by atoms with van der Waals surface area (Å²) in [6, 6.07) is 18.7. The summed E-state index contributed by atoms with van der Waals surface area (Å²) in [4.78, 5) is 12.0. The number of nitrogens with zero attached hydrogens (tertiary/aromatic N) is 1. The minimum absolute atomic E-state index is 0.0268. The monoisotopic (exact) mass is 323 g/mol. The minimum atomic E-state index is -0.0944. The van der Waals surface area contributed by atoms with Crippen LogP contribution in [0.5, 0.6) is 0 Å². The van der Waals surface area contributed by atoms with Crippen LogP contribution in [0.25, 0.3) is 0 Å². The second-order valence-corrected chi connectivity index (χ2v) is 5.42.